The Morgan fingerprint density at radius 3 is 2.78 bits per heavy atom. The van der Waals surface area contributed by atoms with Gasteiger partial charge in [0.25, 0.3) is 0 Å². The molecule has 0 aromatic heterocycles. The first kappa shape index (κ1) is 14.8. The zero-order valence-electron chi connectivity index (χ0n) is 11.0. The molecule has 0 saturated carbocycles. The third-order valence-electron chi connectivity index (χ3n) is 2.68. The molecule has 1 aromatic rings. The molecule has 4 heteroatoms. The molecule has 1 rings (SSSR count). The number of carbonyl (C=O) groups excluding carboxylic acids is 1. The molecule has 0 aliphatic rings. The van der Waals surface area contributed by atoms with Crippen molar-refractivity contribution in [1.29, 1.82) is 0 Å². The molecule has 0 amide bonds. The van der Waals surface area contributed by atoms with Crippen molar-refractivity contribution in [2.24, 2.45) is 0 Å². The minimum absolute atomic E-state index is 0.430. The lowest BCUT2D eigenvalue weighted by atomic mass is 10.1. The predicted molar refractivity (Wildman–Crippen MR) is 72.3 cm³/mol. The van der Waals surface area contributed by atoms with Crippen molar-refractivity contribution >= 4 is 17.6 Å². The molecule has 0 aliphatic carbocycles. The van der Waals surface area contributed by atoms with Crippen molar-refractivity contribution in [1.82, 2.24) is 0 Å². The number of methoxy groups -OCH3 is 1. The maximum absolute atomic E-state index is 12.0. The number of carbonyl (C=O) groups is 1. The Bertz CT molecular complexity index is 404. The second kappa shape index (κ2) is 7.27. The van der Waals surface area contributed by atoms with Gasteiger partial charge in [-0.05, 0) is 31.4 Å². The summed E-state index contributed by atoms with van der Waals surface area (Å²) >= 11 is 5.97. The summed E-state index contributed by atoms with van der Waals surface area (Å²) in [6.45, 7) is 3.91. The Morgan fingerprint density at radius 1 is 1.44 bits per heavy atom. The van der Waals surface area contributed by atoms with Crippen molar-refractivity contribution in [3.05, 3.63) is 29.3 Å². The third-order valence-corrected chi connectivity index (χ3v) is 2.99. The molecule has 3 nitrogen and oxygen atoms in total. The molecule has 1 unspecified atom stereocenters. The van der Waals surface area contributed by atoms with Crippen LogP contribution in [0.1, 0.15) is 42.1 Å². The molecule has 0 fully saturated rings. The predicted octanol–water partition coefficient (Wildman–Crippen LogP) is 3.92. The van der Waals surface area contributed by atoms with Gasteiger partial charge in [-0.25, -0.2) is 4.79 Å². The number of rotatable bonds is 6. The number of unbranched alkanes of at least 4 members (excludes halogenated alkanes) is 1. The van der Waals surface area contributed by atoms with Crippen LogP contribution in [0.3, 0.4) is 0 Å². The monoisotopic (exact) mass is 270 g/mol. The van der Waals surface area contributed by atoms with Crippen LogP contribution in [0.2, 0.25) is 0 Å². The zero-order chi connectivity index (χ0) is 13.5. The number of ether oxygens (including phenoxy) is 2. The molecule has 0 heterocycles. The van der Waals surface area contributed by atoms with Crippen LogP contribution < -0.4 is 4.74 Å². The van der Waals surface area contributed by atoms with Crippen molar-refractivity contribution in [3.63, 3.8) is 0 Å². The van der Waals surface area contributed by atoms with E-state index >= 15 is 0 Å². The molecule has 0 saturated heterocycles. The fourth-order valence-corrected chi connectivity index (χ4v) is 1.91. The van der Waals surface area contributed by atoms with Crippen LogP contribution in [0.5, 0.6) is 5.75 Å². The molecule has 0 radical (unpaired) electrons. The molecule has 0 N–H and O–H groups in total. The van der Waals surface area contributed by atoms with Gasteiger partial charge < -0.3 is 9.47 Å². The number of alkyl halides is 1. The number of hydrogen-bond acceptors (Lipinski definition) is 3. The average molecular weight is 271 g/mol. The van der Waals surface area contributed by atoms with Gasteiger partial charge >= 0.3 is 5.97 Å². The number of aryl methyl sites for hydroxylation is 1. The normalized spacial score (nSPS) is 12.0. The van der Waals surface area contributed by atoms with E-state index < -0.39 is 11.5 Å². The summed E-state index contributed by atoms with van der Waals surface area (Å²) in [5, 5.41) is 0. The van der Waals surface area contributed by atoms with Crippen LogP contribution in [0.4, 0.5) is 0 Å². The highest BCUT2D eigenvalue weighted by Gasteiger charge is 2.19. The van der Waals surface area contributed by atoms with Crippen LogP contribution in [0.15, 0.2) is 18.2 Å². The fraction of sp³-hybridized carbons (Fsp3) is 0.500. The fourth-order valence-electron chi connectivity index (χ4n) is 1.67. The maximum Gasteiger partial charge on any atom is 0.343 e. The van der Waals surface area contributed by atoms with E-state index in [-0.39, 0.29) is 0 Å². The summed E-state index contributed by atoms with van der Waals surface area (Å²) in [7, 11) is 1.53. The van der Waals surface area contributed by atoms with E-state index in [9.17, 15) is 4.79 Å². The topological polar surface area (TPSA) is 35.5 Å². The number of benzene rings is 1. The quantitative estimate of drug-likeness (QED) is 0.581. The summed E-state index contributed by atoms with van der Waals surface area (Å²) < 4.78 is 10.4. The van der Waals surface area contributed by atoms with Gasteiger partial charge in [0, 0.05) is 0 Å². The average Bonchev–Trinajstić information content (AvgIpc) is 2.35. The van der Waals surface area contributed by atoms with Gasteiger partial charge in [0.15, 0.2) is 5.56 Å². The van der Waals surface area contributed by atoms with E-state index in [1.165, 1.54) is 7.11 Å². The molecule has 18 heavy (non-hydrogen) atoms. The van der Waals surface area contributed by atoms with Gasteiger partial charge in [-0.3, -0.25) is 0 Å². The smallest absolute Gasteiger partial charge is 0.343 e. The first-order valence-electron chi connectivity index (χ1n) is 6.08. The molecule has 100 valence electrons. The van der Waals surface area contributed by atoms with E-state index in [1.807, 2.05) is 19.1 Å². The molecule has 1 aromatic carbocycles. The summed E-state index contributed by atoms with van der Waals surface area (Å²) in [6.07, 6.45) is 2.62. The standard InChI is InChI=1S/C14H19ClO3/c1-4-5-9-12(15)18-14(16)13-10(2)7-6-8-11(13)17-3/h6-8,12H,4-5,9H2,1-3H3. The van der Waals surface area contributed by atoms with Gasteiger partial charge in [0.05, 0.1) is 7.11 Å². The lowest BCUT2D eigenvalue weighted by molar-refractivity contribution is 0.0429. The van der Waals surface area contributed by atoms with Crippen LogP contribution in [0, 0.1) is 6.92 Å². The Balaban J connectivity index is 2.78. The van der Waals surface area contributed by atoms with Gasteiger partial charge in [-0.2, -0.15) is 0 Å². The summed E-state index contributed by atoms with van der Waals surface area (Å²) in [4.78, 5) is 12.0. The second-order valence-corrected chi connectivity index (χ2v) is 4.60. The van der Waals surface area contributed by atoms with Crippen molar-refractivity contribution in [2.75, 3.05) is 7.11 Å². The van der Waals surface area contributed by atoms with Crippen molar-refractivity contribution in [3.8, 4) is 5.75 Å². The van der Waals surface area contributed by atoms with E-state index in [4.69, 9.17) is 21.1 Å². The first-order valence-corrected chi connectivity index (χ1v) is 6.52. The van der Waals surface area contributed by atoms with E-state index in [0.717, 1.165) is 18.4 Å². The molecule has 1 atom stereocenters. The molecular formula is C14H19ClO3. The summed E-state index contributed by atoms with van der Waals surface area (Å²) in [5.41, 5.74) is 0.683. The largest absolute Gasteiger partial charge is 0.496 e. The Kier molecular flexibility index (Phi) is 5.99. The zero-order valence-corrected chi connectivity index (χ0v) is 11.8. The minimum Gasteiger partial charge on any atom is -0.496 e. The van der Waals surface area contributed by atoms with E-state index in [1.54, 1.807) is 6.07 Å². The lowest BCUT2D eigenvalue weighted by Gasteiger charge is -2.14. The number of halogens is 1. The molecule has 0 aliphatic heterocycles. The highest BCUT2D eigenvalue weighted by atomic mass is 35.5. The maximum atomic E-state index is 12.0. The SMILES string of the molecule is CCCCC(Cl)OC(=O)c1c(C)cccc1OC. The molecule has 0 bridgehead atoms. The van der Waals surface area contributed by atoms with Crippen LogP contribution in [0.25, 0.3) is 0 Å². The van der Waals surface area contributed by atoms with Crippen LogP contribution >= 0.6 is 11.6 Å². The van der Waals surface area contributed by atoms with E-state index in [0.29, 0.717) is 17.7 Å². The van der Waals surface area contributed by atoms with Gasteiger partial charge in [0.1, 0.15) is 11.3 Å². The van der Waals surface area contributed by atoms with Gasteiger partial charge in [-0.1, -0.05) is 37.1 Å². The second-order valence-electron chi connectivity index (χ2n) is 4.11. The van der Waals surface area contributed by atoms with Crippen molar-refractivity contribution in [2.45, 2.75) is 38.7 Å². The summed E-state index contributed by atoms with van der Waals surface area (Å²) in [5.74, 6) is 0.0837. The Labute approximate surface area is 113 Å². The number of esters is 1. The first-order chi connectivity index (χ1) is 8.60. The molecular weight excluding hydrogens is 252 g/mol. The van der Waals surface area contributed by atoms with Crippen LogP contribution in [-0.2, 0) is 4.74 Å². The highest BCUT2D eigenvalue weighted by Crippen LogP contribution is 2.24. The number of hydrogen-bond donors (Lipinski definition) is 0. The third kappa shape index (κ3) is 3.91. The Hall–Kier alpha value is -1.22. The summed E-state index contributed by atoms with van der Waals surface area (Å²) in [6, 6.07) is 5.41. The lowest BCUT2D eigenvalue weighted by Crippen LogP contribution is -2.15. The van der Waals surface area contributed by atoms with Crippen LogP contribution in [-0.4, -0.2) is 18.6 Å². The Morgan fingerprint density at radius 2 is 2.17 bits per heavy atom. The van der Waals surface area contributed by atoms with E-state index in [2.05, 4.69) is 6.92 Å². The van der Waals surface area contributed by atoms with Crippen molar-refractivity contribution < 1.29 is 14.3 Å². The highest BCUT2D eigenvalue weighted by molar-refractivity contribution is 6.20. The van der Waals surface area contributed by atoms with Gasteiger partial charge in [0.2, 0.25) is 0 Å². The minimum atomic E-state index is -0.582. The van der Waals surface area contributed by atoms with Gasteiger partial charge in [-0.15, -0.1) is 0 Å². The molecule has 0 spiro atoms.